The fourth-order valence-corrected chi connectivity index (χ4v) is 4.08. The topological polar surface area (TPSA) is 81.7 Å². The summed E-state index contributed by atoms with van der Waals surface area (Å²) < 4.78 is 46.3. The van der Waals surface area contributed by atoms with Crippen LogP contribution in [-0.2, 0) is 0 Å². The van der Waals surface area contributed by atoms with Crippen LogP contribution in [0.5, 0.6) is 5.75 Å². The SMILES string of the molecule is COc1cc(P(C)C)c2[nH]cc(C3=C(C(F)(F)F)CNC(NCCO)=N3)c2c1. The number of aliphatic hydroxyl groups excluding tert-OH is 1. The number of fused-ring (bicyclic) bond motifs is 1. The minimum atomic E-state index is -4.53. The molecule has 0 bridgehead atoms. The number of methoxy groups -OCH3 is 1. The molecular weight excluding hydrogens is 392 g/mol. The van der Waals surface area contributed by atoms with Crippen molar-refractivity contribution in [1.29, 1.82) is 0 Å². The van der Waals surface area contributed by atoms with Crippen LogP contribution in [0.2, 0.25) is 0 Å². The molecule has 1 aliphatic heterocycles. The maximum absolute atomic E-state index is 13.7. The molecule has 152 valence electrons. The number of aromatic nitrogens is 1. The Hall–Kier alpha value is -2.25. The number of ether oxygens (including phenoxy) is 1. The molecule has 1 aliphatic rings. The molecule has 6 nitrogen and oxygen atoms in total. The largest absolute Gasteiger partial charge is 0.497 e. The Morgan fingerprint density at radius 3 is 2.68 bits per heavy atom. The molecule has 0 amide bonds. The fraction of sp³-hybridized carbons (Fsp3) is 0.389. The minimum Gasteiger partial charge on any atom is -0.497 e. The summed E-state index contributed by atoms with van der Waals surface area (Å²) in [6.07, 6.45) is -2.96. The van der Waals surface area contributed by atoms with Gasteiger partial charge in [0, 0.05) is 29.0 Å². The van der Waals surface area contributed by atoms with Gasteiger partial charge < -0.3 is 25.5 Å². The quantitative estimate of drug-likeness (QED) is 0.567. The van der Waals surface area contributed by atoms with Gasteiger partial charge in [-0.25, -0.2) is 4.99 Å². The predicted octanol–water partition coefficient (Wildman–Crippen LogP) is 2.36. The van der Waals surface area contributed by atoms with E-state index >= 15 is 0 Å². The lowest BCUT2D eigenvalue weighted by molar-refractivity contribution is -0.0922. The maximum Gasteiger partial charge on any atom is 0.416 e. The van der Waals surface area contributed by atoms with Crippen molar-refractivity contribution in [1.82, 2.24) is 15.6 Å². The van der Waals surface area contributed by atoms with Gasteiger partial charge in [-0.3, -0.25) is 0 Å². The Morgan fingerprint density at radius 1 is 1.32 bits per heavy atom. The van der Waals surface area contributed by atoms with E-state index in [2.05, 4.69) is 33.9 Å². The van der Waals surface area contributed by atoms with Gasteiger partial charge in [0.1, 0.15) is 5.75 Å². The van der Waals surface area contributed by atoms with E-state index in [0.717, 1.165) is 10.8 Å². The first-order valence-electron chi connectivity index (χ1n) is 8.60. The van der Waals surface area contributed by atoms with Crippen molar-refractivity contribution in [2.75, 3.05) is 40.1 Å². The van der Waals surface area contributed by atoms with E-state index in [0.29, 0.717) is 16.7 Å². The molecule has 1 aromatic heterocycles. The molecule has 0 spiro atoms. The van der Waals surface area contributed by atoms with Gasteiger partial charge in [-0.15, -0.1) is 0 Å². The maximum atomic E-state index is 13.7. The number of nitrogens with one attached hydrogen (secondary N) is 3. The molecule has 0 fully saturated rings. The average Bonchev–Trinajstić information content (AvgIpc) is 3.08. The Morgan fingerprint density at radius 2 is 2.07 bits per heavy atom. The summed E-state index contributed by atoms with van der Waals surface area (Å²) in [5.41, 5.74) is 0.264. The Bertz CT molecular complexity index is 935. The van der Waals surface area contributed by atoms with Crippen LogP contribution in [0.3, 0.4) is 0 Å². The second kappa shape index (κ2) is 8.01. The lowest BCUT2D eigenvalue weighted by Gasteiger charge is -2.23. The number of benzene rings is 1. The number of nitrogens with zero attached hydrogens (tertiary/aromatic N) is 1. The normalized spacial score (nSPS) is 15.1. The second-order valence-electron chi connectivity index (χ2n) is 6.46. The van der Waals surface area contributed by atoms with E-state index in [1.165, 1.54) is 7.11 Å². The number of alkyl halides is 3. The number of H-pyrrole nitrogens is 1. The molecule has 0 unspecified atom stereocenters. The molecule has 2 heterocycles. The molecule has 2 aromatic rings. The van der Waals surface area contributed by atoms with Crippen molar-refractivity contribution in [2.45, 2.75) is 6.18 Å². The first kappa shape index (κ1) is 20.5. The molecular formula is C18H22F3N4O2P. The van der Waals surface area contributed by atoms with Crippen LogP contribution < -0.4 is 20.7 Å². The van der Waals surface area contributed by atoms with Crippen molar-refractivity contribution in [2.24, 2.45) is 4.99 Å². The van der Waals surface area contributed by atoms with E-state index in [9.17, 15) is 13.2 Å². The summed E-state index contributed by atoms with van der Waals surface area (Å²) in [5.74, 6) is 0.785. The highest BCUT2D eigenvalue weighted by Crippen LogP contribution is 2.39. The summed E-state index contributed by atoms with van der Waals surface area (Å²) in [4.78, 5) is 7.30. The van der Waals surface area contributed by atoms with Gasteiger partial charge in [0.15, 0.2) is 5.96 Å². The molecule has 0 radical (unpaired) electrons. The van der Waals surface area contributed by atoms with Crippen molar-refractivity contribution >= 4 is 35.8 Å². The summed E-state index contributed by atoms with van der Waals surface area (Å²) >= 11 is 0. The highest BCUT2D eigenvalue weighted by Gasteiger charge is 2.39. The van der Waals surface area contributed by atoms with Crippen LogP contribution in [0.25, 0.3) is 16.6 Å². The van der Waals surface area contributed by atoms with E-state index in [4.69, 9.17) is 9.84 Å². The standard InChI is InChI=1S/C18H22F3N4O2P/c1-27-10-6-11-12(8-23-16(11)14(7-10)28(2)3)15-13(18(19,20)21)9-24-17(25-15)22-4-5-26/h6-8,23,26H,4-5,9H2,1-3H3,(H2,22,24,25). The number of rotatable bonds is 5. The lowest BCUT2D eigenvalue weighted by Crippen LogP contribution is -2.43. The Kier molecular flexibility index (Phi) is 5.86. The van der Waals surface area contributed by atoms with Crippen LogP contribution in [0.1, 0.15) is 5.56 Å². The zero-order chi connectivity index (χ0) is 20.5. The number of aliphatic imine (C=N–C) groups is 1. The summed E-state index contributed by atoms with van der Waals surface area (Å²) in [6.45, 7) is 3.76. The zero-order valence-corrected chi connectivity index (χ0v) is 16.6. The van der Waals surface area contributed by atoms with Gasteiger partial charge in [-0.1, -0.05) is 7.92 Å². The summed E-state index contributed by atoms with van der Waals surface area (Å²) in [7, 11) is 1.02. The van der Waals surface area contributed by atoms with E-state index in [1.807, 2.05) is 6.07 Å². The van der Waals surface area contributed by atoms with Crippen LogP contribution in [0, 0.1) is 0 Å². The number of hydrogen-bond acceptors (Lipinski definition) is 5. The van der Waals surface area contributed by atoms with Gasteiger partial charge >= 0.3 is 6.18 Å². The highest BCUT2D eigenvalue weighted by atomic mass is 31.1. The van der Waals surface area contributed by atoms with Crippen LogP contribution in [0.4, 0.5) is 13.2 Å². The first-order valence-corrected chi connectivity index (χ1v) is 10.8. The molecule has 28 heavy (non-hydrogen) atoms. The summed E-state index contributed by atoms with van der Waals surface area (Å²) in [6, 6.07) is 3.64. The van der Waals surface area contributed by atoms with Gasteiger partial charge in [-0.05, 0) is 25.5 Å². The molecule has 1 aromatic carbocycles. The number of halogens is 3. The van der Waals surface area contributed by atoms with Gasteiger partial charge in [0.2, 0.25) is 0 Å². The lowest BCUT2D eigenvalue weighted by atomic mass is 10.0. The summed E-state index contributed by atoms with van der Waals surface area (Å²) in [5, 5.41) is 16.0. The Labute approximate surface area is 161 Å². The monoisotopic (exact) mass is 414 g/mol. The van der Waals surface area contributed by atoms with Crippen molar-refractivity contribution < 1.29 is 23.0 Å². The van der Waals surface area contributed by atoms with Crippen LogP contribution >= 0.6 is 7.92 Å². The third-order valence-corrected chi connectivity index (χ3v) is 5.72. The smallest absolute Gasteiger partial charge is 0.416 e. The van der Waals surface area contributed by atoms with Crippen LogP contribution in [-0.4, -0.2) is 62.4 Å². The molecule has 3 rings (SSSR count). The van der Waals surface area contributed by atoms with Crippen molar-refractivity contribution in [3.63, 3.8) is 0 Å². The van der Waals surface area contributed by atoms with E-state index < -0.39 is 26.2 Å². The number of aromatic amines is 1. The second-order valence-corrected chi connectivity index (χ2v) is 8.73. The molecule has 0 aliphatic carbocycles. The predicted molar refractivity (Wildman–Crippen MR) is 107 cm³/mol. The molecule has 10 heteroatoms. The third kappa shape index (κ3) is 3.95. The van der Waals surface area contributed by atoms with Gasteiger partial charge in [0.25, 0.3) is 0 Å². The van der Waals surface area contributed by atoms with E-state index in [-0.39, 0.29) is 24.8 Å². The molecule has 0 saturated carbocycles. The van der Waals surface area contributed by atoms with Crippen LogP contribution in [0.15, 0.2) is 28.9 Å². The van der Waals surface area contributed by atoms with Crippen molar-refractivity contribution in [3.05, 3.63) is 29.5 Å². The zero-order valence-electron chi connectivity index (χ0n) is 15.7. The molecule has 0 atom stereocenters. The number of guanidine groups is 1. The number of aliphatic hydroxyl groups is 1. The number of hydrogen-bond donors (Lipinski definition) is 4. The van der Waals surface area contributed by atoms with Gasteiger partial charge in [-0.2, -0.15) is 13.2 Å². The average molecular weight is 414 g/mol. The fourth-order valence-electron chi connectivity index (χ4n) is 3.06. The van der Waals surface area contributed by atoms with Gasteiger partial charge in [0.05, 0.1) is 37.0 Å². The van der Waals surface area contributed by atoms with Crippen molar-refractivity contribution in [3.8, 4) is 5.75 Å². The highest BCUT2D eigenvalue weighted by molar-refractivity contribution is 7.64. The Balaban J connectivity index is 2.23. The third-order valence-electron chi connectivity index (χ3n) is 4.40. The minimum absolute atomic E-state index is 0.145. The first-order chi connectivity index (χ1) is 13.3. The molecule has 4 N–H and O–H groups in total. The van der Waals surface area contributed by atoms with E-state index in [1.54, 1.807) is 12.3 Å². The molecule has 0 saturated heterocycles.